The first-order valence-electron chi connectivity index (χ1n) is 9.66. The van der Waals surface area contributed by atoms with Crippen LogP contribution in [-0.4, -0.2) is 27.2 Å². The summed E-state index contributed by atoms with van der Waals surface area (Å²) in [5.74, 6) is -1.16. The number of carbonyl (C=O) groups excluding carboxylic acids is 1. The van der Waals surface area contributed by atoms with E-state index in [1.807, 2.05) is 43.3 Å². The lowest BCUT2D eigenvalue weighted by atomic mass is 10.1. The zero-order valence-corrected chi connectivity index (χ0v) is 19.0. The summed E-state index contributed by atoms with van der Waals surface area (Å²) < 4.78 is 7.92. The number of methoxy groups -OCH3 is 1. The number of carbonyl (C=O) groups is 1. The smallest absolute Gasteiger partial charge is 0.335 e. The standard InChI is InChI=1S/C22H23BrN4O4/c1-14-7-9-16(10-8-14)13-26-20(24-18-6-4-5-17(23)11-18)25-21(29)27(22(26)30)12-15(2)19(28)31-3/h4-11,15H,12-13H2,1-3H3,(H,24,25,29)/t15-/m0/s1. The Kier molecular flexibility index (Phi) is 7.06. The van der Waals surface area contributed by atoms with E-state index in [-0.39, 0.29) is 18.7 Å². The van der Waals surface area contributed by atoms with Crippen LogP contribution in [0.25, 0.3) is 0 Å². The molecule has 0 aliphatic rings. The van der Waals surface area contributed by atoms with Gasteiger partial charge < -0.3 is 4.74 Å². The zero-order valence-electron chi connectivity index (χ0n) is 17.5. The van der Waals surface area contributed by atoms with Gasteiger partial charge in [-0.25, -0.2) is 19.1 Å². The first-order chi connectivity index (χ1) is 14.8. The van der Waals surface area contributed by atoms with Gasteiger partial charge in [0.1, 0.15) is 0 Å². The third-order valence-corrected chi connectivity index (χ3v) is 5.24. The van der Waals surface area contributed by atoms with Crippen LogP contribution in [0.4, 0.5) is 5.69 Å². The summed E-state index contributed by atoms with van der Waals surface area (Å²) in [6, 6.07) is 14.9. The fraction of sp³-hybridized carbons (Fsp3) is 0.273. The van der Waals surface area contributed by atoms with E-state index >= 15 is 0 Å². The van der Waals surface area contributed by atoms with E-state index in [9.17, 15) is 14.4 Å². The summed E-state index contributed by atoms with van der Waals surface area (Å²) in [6.07, 6.45) is 0. The minimum atomic E-state index is -0.663. The van der Waals surface area contributed by atoms with Crippen molar-refractivity contribution in [3.63, 3.8) is 0 Å². The number of H-pyrrole nitrogens is 1. The number of hydrogen-bond donors (Lipinski definition) is 1. The maximum atomic E-state index is 13.3. The van der Waals surface area contributed by atoms with Crippen molar-refractivity contribution in [3.8, 4) is 0 Å². The molecule has 3 aromatic rings. The molecule has 162 valence electrons. The molecular weight excluding hydrogens is 464 g/mol. The minimum Gasteiger partial charge on any atom is -0.469 e. The van der Waals surface area contributed by atoms with Crippen LogP contribution in [0.5, 0.6) is 0 Å². The molecule has 0 saturated heterocycles. The maximum Gasteiger partial charge on any atom is 0.335 e. The lowest BCUT2D eigenvalue weighted by Gasteiger charge is -2.14. The highest BCUT2D eigenvalue weighted by Crippen LogP contribution is 2.17. The van der Waals surface area contributed by atoms with Crippen molar-refractivity contribution in [1.29, 1.82) is 0 Å². The van der Waals surface area contributed by atoms with Crippen molar-refractivity contribution in [3.05, 3.63) is 90.7 Å². The normalized spacial score (nSPS) is 12.6. The van der Waals surface area contributed by atoms with Gasteiger partial charge in [0.2, 0.25) is 5.62 Å². The highest BCUT2D eigenvalue weighted by atomic mass is 79.9. The van der Waals surface area contributed by atoms with Gasteiger partial charge >= 0.3 is 17.3 Å². The Hall–Kier alpha value is -3.20. The first kappa shape index (κ1) is 22.5. The lowest BCUT2D eigenvalue weighted by molar-refractivity contribution is -0.145. The van der Waals surface area contributed by atoms with Crippen molar-refractivity contribution >= 4 is 27.6 Å². The van der Waals surface area contributed by atoms with E-state index in [4.69, 9.17) is 4.74 Å². The van der Waals surface area contributed by atoms with Crippen LogP contribution in [0, 0.1) is 12.8 Å². The van der Waals surface area contributed by atoms with E-state index in [2.05, 4.69) is 25.9 Å². The van der Waals surface area contributed by atoms with Crippen LogP contribution in [0.3, 0.4) is 0 Å². The minimum absolute atomic E-state index is 0.105. The van der Waals surface area contributed by atoms with Crippen LogP contribution in [0.2, 0.25) is 0 Å². The Bertz CT molecular complexity index is 1270. The number of halogens is 1. The Balaban J connectivity index is 2.17. The molecule has 2 aromatic carbocycles. The number of hydrogen-bond acceptors (Lipinski definition) is 5. The molecule has 0 aliphatic carbocycles. The Labute approximate surface area is 187 Å². The predicted octanol–water partition coefficient (Wildman–Crippen LogP) is 2.50. The average Bonchev–Trinajstić information content (AvgIpc) is 2.74. The quantitative estimate of drug-likeness (QED) is 0.541. The van der Waals surface area contributed by atoms with Crippen LogP contribution >= 0.6 is 15.9 Å². The number of nitrogens with zero attached hydrogens (tertiary/aromatic N) is 3. The second-order valence-electron chi connectivity index (χ2n) is 7.23. The van der Waals surface area contributed by atoms with Crippen LogP contribution in [-0.2, 0) is 22.6 Å². The molecule has 9 heteroatoms. The zero-order chi connectivity index (χ0) is 22.5. The van der Waals surface area contributed by atoms with Gasteiger partial charge in [-0.15, -0.1) is 0 Å². The highest BCUT2D eigenvalue weighted by Gasteiger charge is 2.18. The number of benzene rings is 2. The largest absolute Gasteiger partial charge is 0.469 e. The molecule has 1 heterocycles. The predicted molar refractivity (Wildman–Crippen MR) is 120 cm³/mol. The second kappa shape index (κ2) is 9.74. The molecule has 0 radical (unpaired) electrons. The van der Waals surface area contributed by atoms with Gasteiger partial charge in [0, 0.05) is 11.0 Å². The van der Waals surface area contributed by atoms with Gasteiger partial charge in [0.25, 0.3) is 0 Å². The Morgan fingerprint density at radius 3 is 2.52 bits per heavy atom. The second-order valence-corrected chi connectivity index (χ2v) is 8.15. The van der Waals surface area contributed by atoms with E-state index in [1.165, 1.54) is 11.7 Å². The lowest BCUT2D eigenvalue weighted by Crippen LogP contribution is -2.51. The van der Waals surface area contributed by atoms with E-state index in [1.54, 1.807) is 19.1 Å². The van der Waals surface area contributed by atoms with E-state index in [0.29, 0.717) is 5.69 Å². The number of aromatic amines is 1. The van der Waals surface area contributed by atoms with Gasteiger partial charge in [-0.1, -0.05) is 58.7 Å². The summed E-state index contributed by atoms with van der Waals surface area (Å²) in [4.78, 5) is 44.9. The van der Waals surface area contributed by atoms with Crippen molar-refractivity contribution < 1.29 is 9.53 Å². The molecule has 3 rings (SSSR count). The van der Waals surface area contributed by atoms with Crippen LogP contribution in [0.1, 0.15) is 18.1 Å². The number of nitrogens with one attached hydrogen (secondary N) is 1. The van der Waals surface area contributed by atoms with E-state index < -0.39 is 23.3 Å². The van der Waals surface area contributed by atoms with Crippen LogP contribution in [0.15, 0.2) is 67.6 Å². The molecule has 0 bridgehead atoms. The SMILES string of the molecule is COC(=O)[C@@H](C)Cn1c(=O)[nH]/c(=N\c2cccc(Br)c2)n(Cc2ccc(C)cc2)c1=O. The molecule has 31 heavy (non-hydrogen) atoms. The molecule has 0 fully saturated rings. The topological polar surface area (TPSA) is 98.4 Å². The number of rotatable bonds is 6. The summed E-state index contributed by atoms with van der Waals surface area (Å²) in [5, 5.41) is 0. The fourth-order valence-corrected chi connectivity index (χ4v) is 3.43. The molecule has 0 saturated carbocycles. The molecule has 1 atom stereocenters. The third kappa shape index (κ3) is 5.49. The maximum absolute atomic E-state index is 13.3. The average molecular weight is 487 g/mol. The van der Waals surface area contributed by atoms with Gasteiger partial charge in [0.15, 0.2) is 0 Å². The first-order valence-corrected chi connectivity index (χ1v) is 10.5. The number of esters is 1. The van der Waals surface area contributed by atoms with Gasteiger partial charge in [0.05, 0.1) is 25.3 Å². The van der Waals surface area contributed by atoms with Gasteiger partial charge in [-0.05, 0) is 30.7 Å². The highest BCUT2D eigenvalue weighted by molar-refractivity contribution is 9.10. The Morgan fingerprint density at radius 2 is 1.87 bits per heavy atom. The molecule has 0 unspecified atom stereocenters. The van der Waals surface area contributed by atoms with Gasteiger partial charge in [-0.2, -0.15) is 0 Å². The molecule has 0 spiro atoms. The van der Waals surface area contributed by atoms with Crippen molar-refractivity contribution in [1.82, 2.24) is 14.1 Å². The number of ether oxygens (including phenoxy) is 1. The van der Waals surface area contributed by atoms with E-state index in [0.717, 1.165) is 20.2 Å². The summed E-state index contributed by atoms with van der Waals surface area (Å²) in [6.45, 7) is 3.68. The molecule has 8 nitrogen and oxygen atoms in total. The van der Waals surface area contributed by atoms with Gasteiger partial charge in [-0.3, -0.25) is 14.3 Å². The number of aromatic nitrogens is 3. The number of aryl methyl sites for hydroxylation is 1. The monoisotopic (exact) mass is 486 g/mol. The fourth-order valence-electron chi connectivity index (χ4n) is 3.04. The summed E-state index contributed by atoms with van der Waals surface area (Å²) >= 11 is 3.39. The van der Waals surface area contributed by atoms with Crippen molar-refractivity contribution in [2.45, 2.75) is 26.9 Å². The van der Waals surface area contributed by atoms with Crippen LogP contribution < -0.4 is 17.0 Å². The summed E-state index contributed by atoms with van der Waals surface area (Å²) in [5.41, 5.74) is 1.46. The Morgan fingerprint density at radius 1 is 1.16 bits per heavy atom. The molecular formula is C22H23BrN4O4. The molecule has 0 amide bonds. The summed E-state index contributed by atoms with van der Waals surface area (Å²) in [7, 11) is 1.27. The third-order valence-electron chi connectivity index (χ3n) is 4.75. The van der Waals surface area contributed by atoms with Crippen molar-refractivity contribution in [2.75, 3.05) is 7.11 Å². The van der Waals surface area contributed by atoms with Crippen molar-refractivity contribution in [2.24, 2.45) is 10.9 Å². The molecule has 1 N–H and O–H groups in total. The molecule has 0 aliphatic heterocycles. The molecule has 1 aromatic heterocycles.